The van der Waals surface area contributed by atoms with Crippen LogP contribution in [0.1, 0.15) is 41.0 Å². The minimum absolute atomic E-state index is 0.422. The van der Waals surface area contributed by atoms with Gasteiger partial charge in [-0.3, -0.25) is 4.99 Å². The molecule has 1 atom stereocenters. The van der Waals surface area contributed by atoms with Gasteiger partial charge in [0.25, 0.3) is 0 Å². The molecule has 0 aromatic heterocycles. The Hall–Kier alpha value is -0.760. The molecule has 0 aromatic rings. The van der Waals surface area contributed by atoms with Gasteiger partial charge in [0.2, 0.25) is 0 Å². The van der Waals surface area contributed by atoms with Crippen molar-refractivity contribution >= 4 is 18.0 Å². The van der Waals surface area contributed by atoms with Gasteiger partial charge in [-0.15, -0.1) is 11.8 Å². The summed E-state index contributed by atoms with van der Waals surface area (Å²) in [7, 11) is 0. The van der Waals surface area contributed by atoms with E-state index in [1.165, 1.54) is 11.1 Å². The first kappa shape index (κ1) is 15.2. The van der Waals surface area contributed by atoms with Gasteiger partial charge in [0.05, 0.1) is 0 Å². The molecule has 0 aliphatic heterocycles. The third-order valence-corrected chi connectivity index (χ3v) is 3.91. The zero-order valence-electron chi connectivity index (χ0n) is 11.1. The van der Waals surface area contributed by atoms with E-state index in [4.69, 9.17) is 0 Å². The number of thioether (sulfide) groups is 1. The fourth-order valence-corrected chi connectivity index (χ4v) is 2.25. The zero-order valence-corrected chi connectivity index (χ0v) is 11.9. The molecule has 0 aliphatic carbocycles. The summed E-state index contributed by atoms with van der Waals surface area (Å²) >= 11 is 1.77. The van der Waals surface area contributed by atoms with Crippen molar-refractivity contribution in [3.05, 3.63) is 34.9 Å². The predicted molar refractivity (Wildman–Crippen MR) is 78.2 cm³/mol. The molecule has 0 saturated heterocycles. The van der Waals surface area contributed by atoms with Gasteiger partial charge in [-0.1, -0.05) is 25.7 Å². The molecule has 90 valence electrons. The van der Waals surface area contributed by atoms with E-state index >= 15 is 0 Å². The standard InChI is InChI=1S/C14H23NS/c1-8-10(3)13(6)16-14(7)11(4)12(5)15-9-2/h9,13H,3,7-8H2,1-2,4-6H3/b12-11-,15-9-. The van der Waals surface area contributed by atoms with Crippen LogP contribution < -0.4 is 0 Å². The minimum Gasteiger partial charge on any atom is -0.266 e. The van der Waals surface area contributed by atoms with E-state index in [2.05, 4.69) is 38.9 Å². The molecule has 0 fully saturated rings. The lowest BCUT2D eigenvalue weighted by molar-refractivity contribution is 1.00. The largest absolute Gasteiger partial charge is 0.266 e. The molecule has 16 heavy (non-hydrogen) atoms. The molecular weight excluding hydrogens is 214 g/mol. The molecule has 2 heteroatoms. The molecule has 0 heterocycles. The van der Waals surface area contributed by atoms with Crippen molar-refractivity contribution in [3.8, 4) is 0 Å². The first-order valence-corrected chi connectivity index (χ1v) is 6.51. The van der Waals surface area contributed by atoms with Gasteiger partial charge in [0.1, 0.15) is 0 Å². The number of hydrogen-bond donors (Lipinski definition) is 0. The Morgan fingerprint density at radius 3 is 2.38 bits per heavy atom. The molecule has 0 N–H and O–H groups in total. The number of aliphatic imine (C=N–C) groups is 1. The Balaban J connectivity index is 4.59. The number of rotatable bonds is 6. The minimum atomic E-state index is 0.422. The normalized spacial score (nSPS) is 14.8. The van der Waals surface area contributed by atoms with Gasteiger partial charge in [0, 0.05) is 22.1 Å². The average Bonchev–Trinajstić information content (AvgIpc) is 2.26. The first-order chi connectivity index (χ1) is 7.43. The van der Waals surface area contributed by atoms with E-state index in [0.29, 0.717) is 5.25 Å². The number of hydrogen-bond acceptors (Lipinski definition) is 2. The summed E-state index contributed by atoms with van der Waals surface area (Å²) in [5.74, 6) is 0. The van der Waals surface area contributed by atoms with E-state index in [-0.39, 0.29) is 0 Å². The third kappa shape index (κ3) is 4.84. The first-order valence-electron chi connectivity index (χ1n) is 5.63. The molecule has 0 amide bonds. The van der Waals surface area contributed by atoms with Crippen molar-refractivity contribution in [2.24, 2.45) is 4.99 Å². The highest BCUT2D eigenvalue weighted by atomic mass is 32.2. The van der Waals surface area contributed by atoms with Gasteiger partial charge in [-0.2, -0.15) is 0 Å². The van der Waals surface area contributed by atoms with Gasteiger partial charge in [-0.25, -0.2) is 0 Å². The van der Waals surface area contributed by atoms with E-state index < -0.39 is 0 Å². The quantitative estimate of drug-likeness (QED) is 0.361. The molecule has 0 aliphatic rings. The highest BCUT2D eigenvalue weighted by Gasteiger charge is 2.09. The van der Waals surface area contributed by atoms with Crippen LogP contribution in [0.25, 0.3) is 0 Å². The Kier molecular flexibility index (Phi) is 7.15. The SMILES string of the molecule is C=C(SC(C)C(=C)CC)/C(C)=C(C)\N=C/C. The summed E-state index contributed by atoms with van der Waals surface area (Å²) in [6.45, 7) is 18.5. The highest BCUT2D eigenvalue weighted by molar-refractivity contribution is 8.04. The Bertz CT molecular complexity index is 324. The van der Waals surface area contributed by atoms with E-state index in [1.807, 2.05) is 20.1 Å². The molecule has 1 unspecified atom stereocenters. The molecule has 0 spiro atoms. The maximum absolute atomic E-state index is 4.28. The van der Waals surface area contributed by atoms with Crippen LogP contribution >= 0.6 is 11.8 Å². The number of nitrogens with zero attached hydrogens (tertiary/aromatic N) is 1. The van der Waals surface area contributed by atoms with Crippen molar-refractivity contribution in [3.63, 3.8) is 0 Å². The zero-order chi connectivity index (χ0) is 12.7. The molecule has 0 rings (SSSR count). The van der Waals surface area contributed by atoms with Crippen LogP contribution in [0.5, 0.6) is 0 Å². The number of allylic oxidation sites excluding steroid dienone is 2. The molecule has 0 saturated carbocycles. The molecule has 0 radical (unpaired) electrons. The maximum Gasteiger partial charge on any atom is 0.0408 e. The summed E-state index contributed by atoms with van der Waals surface area (Å²) in [4.78, 5) is 5.36. The van der Waals surface area contributed by atoms with Crippen molar-refractivity contribution in [1.29, 1.82) is 0 Å². The fourth-order valence-electron chi connectivity index (χ4n) is 1.16. The molecule has 1 nitrogen and oxygen atoms in total. The summed E-state index contributed by atoms with van der Waals surface area (Å²) in [5.41, 5.74) is 3.46. The van der Waals surface area contributed by atoms with Crippen molar-refractivity contribution < 1.29 is 0 Å². The lowest BCUT2D eigenvalue weighted by Gasteiger charge is -2.15. The average molecular weight is 237 g/mol. The van der Waals surface area contributed by atoms with E-state index in [9.17, 15) is 0 Å². The Labute approximate surface area is 104 Å². The van der Waals surface area contributed by atoms with Crippen LogP contribution in [0.4, 0.5) is 0 Å². The second-order valence-corrected chi connectivity index (χ2v) is 5.23. The third-order valence-electron chi connectivity index (χ3n) is 2.63. The van der Waals surface area contributed by atoms with Crippen LogP contribution in [-0.2, 0) is 0 Å². The highest BCUT2D eigenvalue weighted by Crippen LogP contribution is 2.31. The van der Waals surface area contributed by atoms with Crippen molar-refractivity contribution in [1.82, 2.24) is 0 Å². The summed E-state index contributed by atoms with van der Waals surface area (Å²) in [6, 6.07) is 0. The smallest absolute Gasteiger partial charge is 0.0408 e. The van der Waals surface area contributed by atoms with Gasteiger partial charge in [-0.05, 0) is 39.7 Å². The van der Waals surface area contributed by atoms with E-state index in [0.717, 1.165) is 17.0 Å². The predicted octanol–water partition coefficient (Wildman–Crippen LogP) is 4.97. The van der Waals surface area contributed by atoms with E-state index in [1.54, 1.807) is 11.8 Å². The van der Waals surface area contributed by atoms with Crippen LogP contribution in [0.2, 0.25) is 0 Å². The summed E-state index contributed by atoms with van der Waals surface area (Å²) in [6.07, 6.45) is 2.83. The molecule has 0 aromatic carbocycles. The van der Waals surface area contributed by atoms with Crippen molar-refractivity contribution in [2.75, 3.05) is 0 Å². The summed E-state index contributed by atoms with van der Waals surface area (Å²) < 4.78 is 0. The topological polar surface area (TPSA) is 12.4 Å². The van der Waals surface area contributed by atoms with Crippen LogP contribution in [0.15, 0.2) is 39.9 Å². The lowest BCUT2D eigenvalue weighted by Crippen LogP contribution is -2.00. The van der Waals surface area contributed by atoms with Gasteiger partial charge < -0.3 is 0 Å². The fraction of sp³-hybridized carbons (Fsp3) is 0.500. The summed E-state index contributed by atoms with van der Waals surface area (Å²) in [5, 5.41) is 0.422. The van der Waals surface area contributed by atoms with Gasteiger partial charge >= 0.3 is 0 Å². The van der Waals surface area contributed by atoms with Gasteiger partial charge in [0.15, 0.2) is 0 Å². The van der Waals surface area contributed by atoms with Crippen molar-refractivity contribution in [2.45, 2.75) is 46.3 Å². The Morgan fingerprint density at radius 2 is 1.94 bits per heavy atom. The lowest BCUT2D eigenvalue weighted by atomic mass is 10.2. The monoisotopic (exact) mass is 237 g/mol. The van der Waals surface area contributed by atoms with Crippen LogP contribution in [0.3, 0.4) is 0 Å². The molecule has 0 bridgehead atoms. The van der Waals surface area contributed by atoms with Crippen LogP contribution in [-0.4, -0.2) is 11.5 Å². The Morgan fingerprint density at radius 1 is 1.38 bits per heavy atom. The second kappa shape index (κ2) is 7.50. The van der Waals surface area contributed by atoms with Crippen LogP contribution in [0, 0.1) is 0 Å². The maximum atomic E-state index is 4.28. The molecular formula is C14H23NS. The second-order valence-electron chi connectivity index (χ2n) is 3.79.